The first-order valence-corrected chi connectivity index (χ1v) is 10.5. The number of hydrogen-bond acceptors (Lipinski definition) is 6. The lowest BCUT2D eigenvalue weighted by Gasteiger charge is -2.26. The fourth-order valence-corrected chi connectivity index (χ4v) is 4.67. The Morgan fingerprint density at radius 2 is 2.18 bits per heavy atom. The summed E-state index contributed by atoms with van der Waals surface area (Å²) in [4.78, 5) is 23.4. The Morgan fingerprint density at radius 1 is 1.32 bits per heavy atom. The van der Waals surface area contributed by atoms with E-state index in [0.29, 0.717) is 23.5 Å². The second-order valence-electron chi connectivity index (χ2n) is 7.48. The van der Waals surface area contributed by atoms with Crippen molar-refractivity contribution in [3.8, 4) is 0 Å². The average Bonchev–Trinajstić information content (AvgIpc) is 3.16. The molecule has 2 aliphatic rings. The van der Waals surface area contributed by atoms with Crippen LogP contribution >= 0.6 is 11.8 Å². The first-order chi connectivity index (χ1) is 13.6. The van der Waals surface area contributed by atoms with Gasteiger partial charge < -0.3 is 15.5 Å². The second-order valence-corrected chi connectivity index (χ2v) is 8.63. The van der Waals surface area contributed by atoms with Gasteiger partial charge in [0.15, 0.2) is 0 Å². The van der Waals surface area contributed by atoms with Crippen molar-refractivity contribution < 1.29 is 4.79 Å². The van der Waals surface area contributed by atoms with Gasteiger partial charge in [-0.15, -0.1) is 11.8 Å². The predicted molar refractivity (Wildman–Crippen MR) is 115 cm³/mol. The van der Waals surface area contributed by atoms with Crippen molar-refractivity contribution in [3.63, 3.8) is 0 Å². The Morgan fingerprint density at radius 3 is 3.04 bits per heavy atom. The zero-order valence-corrected chi connectivity index (χ0v) is 17.0. The summed E-state index contributed by atoms with van der Waals surface area (Å²) in [7, 11) is 3.91. The van der Waals surface area contributed by atoms with Gasteiger partial charge >= 0.3 is 0 Å². The summed E-state index contributed by atoms with van der Waals surface area (Å²) >= 11 is 1.91. The summed E-state index contributed by atoms with van der Waals surface area (Å²) in [6, 6.07) is 7.66. The third kappa shape index (κ3) is 4.36. The van der Waals surface area contributed by atoms with Crippen LogP contribution < -0.4 is 10.6 Å². The maximum Gasteiger partial charge on any atom is 0.227 e. The Labute approximate surface area is 169 Å². The van der Waals surface area contributed by atoms with Crippen molar-refractivity contribution in [1.82, 2.24) is 14.9 Å². The number of benzene rings is 1. The number of anilines is 3. The van der Waals surface area contributed by atoms with Gasteiger partial charge in [0.05, 0.1) is 5.69 Å². The molecule has 1 aliphatic heterocycles. The lowest BCUT2D eigenvalue weighted by atomic mass is 9.87. The number of carbonyl (C=O) groups excluding carboxylic acids is 1. The highest BCUT2D eigenvalue weighted by atomic mass is 32.2. The predicted octanol–water partition coefficient (Wildman–Crippen LogP) is 3.77. The highest BCUT2D eigenvalue weighted by Gasteiger charge is 2.32. The monoisotopic (exact) mass is 395 g/mol. The van der Waals surface area contributed by atoms with Gasteiger partial charge in [0.2, 0.25) is 11.9 Å². The first kappa shape index (κ1) is 19.0. The summed E-state index contributed by atoms with van der Waals surface area (Å²) in [6.07, 6.45) is 6.90. The van der Waals surface area contributed by atoms with E-state index >= 15 is 0 Å². The molecule has 0 fully saturated rings. The zero-order chi connectivity index (χ0) is 19.5. The summed E-state index contributed by atoms with van der Waals surface area (Å²) in [6.45, 7) is 0.724. The smallest absolute Gasteiger partial charge is 0.227 e. The number of aromatic nitrogens is 2. The number of aryl methyl sites for hydroxylation is 1. The van der Waals surface area contributed by atoms with Crippen molar-refractivity contribution in [2.75, 3.05) is 31.3 Å². The molecule has 0 bridgehead atoms. The first-order valence-electron chi connectivity index (χ1n) is 9.58. The van der Waals surface area contributed by atoms with Gasteiger partial charge in [0, 0.05) is 41.7 Å². The van der Waals surface area contributed by atoms with E-state index in [1.165, 1.54) is 12.0 Å². The summed E-state index contributed by atoms with van der Waals surface area (Å²) < 4.78 is 0. The molecule has 6 nitrogen and oxygen atoms in total. The summed E-state index contributed by atoms with van der Waals surface area (Å²) in [5, 5.41) is 9.03. The molecule has 0 saturated carbocycles. The minimum atomic E-state index is 0.00689. The van der Waals surface area contributed by atoms with E-state index in [1.54, 1.807) is 0 Å². The number of fused-ring (bicyclic) bond motifs is 3. The van der Waals surface area contributed by atoms with Crippen LogP contribution in [0.4, 0.5) is 17.3 Å². The van der Waals surface area contributed by atoms with Gasteiger partial charge in [-0.05, 0) is 56.1 Å². The fourth-order valence-electron chi connectivity index (χ4n) is 3.57. The van der Waals surface area contributed by atoms with Crippen LogP contribution in [0.2, 0.25) is 0 Å². The second kappa shape index (κ2) is 8.32. The molecule has 2 heterocycles. The van der Waals surface area contributed by atoms with Crippen LogP contribution in [0.3, 0.4) is 0 Å². The third-order valence-electron chi connectivity index (χ3n) is 5.04. The van der Waals surface area contributed by atoms with E-state index in [2.05, 4.69) is 27.1 Å². The summed E-state index contributed by atoms with van der Waals surface area (Å²) in [5.74, 6) is 0.993. The average molecular weight is 396 g/mol. The van der Waals surface area contributed by atoms with Crippen molar-refractivity contribution in [2.24, 2.45) is 0 Å². The number of nitrogens with zero attached hydrogens (tertiary/aromatic N) is 3. The largest absolute Gasteiger partial charge is 0.326 e. The van der Waals surface area contributed by atoms with Gasteiger partial charge in [0.1, 0.15) is 0 Å². The van der Waals surface area contributed by atoms with Crippen LogP contribution in [0.25, 0.3) is 0 Å². The Balaban J connectivity index is 1.46. The van der Waals surface area contributed by atoms with Gasteiger partial charge in [-0.2, -0.15) is 0 Å². The normalized spacial score (nSPS) is 20.0. The van der Waals surface area contributed by atoms with Crippen LogP contribution in [-0.2, 0) is 11.2 Å². The van der Waals surface area contributed by atoms with Crippen molar-refractivity contribution in [2.45, 2.75) is 30.4 Å². The Kier molecular flexibility index (Phi) is 5.64. The molecule has 2 unspecified atom stereocenters. The number of thioether (sulfide) groups is 1. The molecule has 1 aliphatic carbocycles. The van der Waals surface area contributed by atoms with Crippen LogP contribution in [0.1, 0.15) is 30.0 Å². The molecule has 0 radical (unpaired) electrons. The molecule has 2 aromatic rings. The van der Waals surface area contributed by atoms with Gasteiger partial charge in [-0.25, -0.2) is 9.97 Å². The number of allylic oxidation sites excluding steroid dienone is 1. The molecule has 4 rings (SSSR count). The van der Waals surface area contributed by atoms with Crippen molar-refractivity contribution >= 4 is 35.0 Å². The van der Waals surface area contributed by atoms with Crippen LogP contribution in [0.5, 0.6) is 0 Å². The van der Waals surface area contributed by atoms with Crippen LogP contribution in [0, 0.1) is 0 Å². The third-order valence-corrected chi connectivity index (χ3v) is 6.23. The van der Waals surface area contributed by atoms with E-state index in [9.17, 15) is 4.79 Å². The topological polar surface area (TPSA) is 70.2 Å². The molecule has 1 amide bonds. The number of carbonyl (C=O) groups is 1. The molecule has 1 aromatic carbocycles. The standard InChI is InChI=1S/C21H25N5OS/c1-26(2)10-8-19(27)23-15-4-3-5-16(12-15)24-21-22-13-14-6-7-18-17(9-11-28-18)20(14)25-21/h3-5,9,11-13,17-18H,6-8,10H2,1-2H3,(H,23,27)(H,22,24,25). The minimum absolute atomic E-state index is 0.00689. The highest BCUT2D eigenvalue weighted by molar-refractivity contribution is 8.03. The van der Waals surface area contributed by atoms with Crippen molar-refractivity contribution in [1.29, 1.82) is 0 Å². The van der Waals surface area contributed by atoms with Gasteiger partial charge in [0.25, 0.3) is 0 Å². The maximum atomic E-state index is 12.1. The van der Waals surface area contributed by atoms with Crippen molar-refractivity contribution in [3.05, 3.63) is 53.2 Å². The number of rotatable bonds is 6. The molecule has 2 atom stereocenters. The van der Waals surface area contributed by atoms with Crippen LogP contribution in [0.15, 0.2) is 41.9 Å². The minimum Gasteiger partial charge on any atom is -0.326 e. The molecule has 2 N–H and O–H groups in total. The van der Waals surface area contributed by atoms with Gasteiger partial charge in [-0.3, -0.25) is 4.79 Å². The molecule has 28 heavy (non-hydrogen) atoms. The highest BCUT2D eigenvalue weighted by Crippen LogP contribution is 2.43. The molecule has 0 spiro atoms. The van der Waals surface area contributed by atoms with E-state index < -0.39 is 0 Å². The molecule has 1 aromatic heterocycles. The van der Waals surface area contributed by atoms with E-state index in [0.717, 1.165) is 30.0 Å². The van der Waals surface area contributed by atoms with E-state index in [1.807, 2.05) is 61.2 Å². The van der Waals surface area contributed by atoms with E-state index in [-0.39, 0.29) is 5.91 Å². The summed E-state index contributed by atoms with van der Waals surface area (Å²) in [5.41, 5.74) is 4.01. The number of nitrogens with one attached hydrogen (secondary N) is 2. The Hall–Kier alpha value is -2.38. The van der Waals surface area contributed by atoms with Gasteiger partial charge in [-0.1, -0.05) is 12.1 Å². The fraction of sp³-hybridized carbons (Fsp3) is 0.381. The Bertz CT molecular complexity index is 898. The lowest BCUT2D eigenvalue weighted by molar-refractivity contribution is -0.116. The molecular weight excluding hydrogens is 370 g/mol. The zero-order valence-electron chi connectivity index (χ0n) is 16.2. The number of hydrogen-bond donors (Lipinski definition) is 2. The quantitative estimate of drug-likeness (QED) is 0.776. The lowest BCUT2D eigenvalue weighted by Crippen LogP contribution is -2.21. The number of amides is 1. The maximum absolute atomic E-state index is 12.1. The van der Waals surface area contributed by atoms with Crippen LogP contribution in [-0.4, -0.2) is 46.7 Å². The molecule has 0 saturated heterocycles. The molecule has 146 valence electrons. The SMILES string of the molecule is CN(C)CCC(=O)Nc1cccc(Nc2ncc3c(n2)C2C=CSC2CC3)c1. The molecular formula is C21H25N5OS. The molecule has 7 heteroatoms. The van der Waals surface area contributed by atoms with E-state index in [4.69, 9.17) is 4.98 Å².